The van der Waals surface area contributed by atoms with E-state index < -0.39 is 24.0 Å². The maximum atomic E-state index is 13.8. The molecule has 11 nitrogen and oxygen atoms in total. The maximum Gasteiger partial charge on any atom is 0.322 e. The number of nitrogens with zero attached hydrogens (tertiary/aromatic N) is 3. The van der Waals surface area contributed by atoms with E-state index in [0.29, 0.717) is 16.8 Å². The van der Waals surface area contributed by atoms with Gasteiger partial charge in [-0.3, -0.25) is 4.79 Å². The highest BCUT2D eigenvalue weighted by Gasteiger charge is 2.29. The van der Waals surface area contributed by atoms with Crippen LogP contribution in [0, 0.1) is 11.3 Å². The lowest BCUT2D eigenvalue weighted by Crippen LogP contribution is -2.50. The summed E-state index contributed by atoms with van der Waals surface area (Å²) in [5, 5.41) is 14.8. The first-order chi connectivity index (χ1) is 20.2. The zero-order chi connectivity index (χ0) is 30.1. The molecule has 1 atom stereocenters. The molecule has 3 aromatic carbocycles. The van der Waals surface area contributed by atoms with E-state index in [-0.39, 0.29) is 19.5 Å². The molecule has 0 aliphatic carbocycles. The van der Waals surface area contributed by atoms with Crippen LogP contribution in [0.15, 0.2) is 66.7 Å². The first kappa shape index (κ1) is 29.6. The van der Waals surface area contributed by atoms with Crippen molar-refractivity contribution in [2.75, 3.05) is 5.32 Å². The molecular formula is C31H34N8O3. The largest absolute Gasteiger partial charge is 0.368 e. The zero-order valence-electron chi connectivity index (χ0n) is 23.4. The van der Waals surface area contributed by atoms with Crippen LogP contribution in [0.5, 0.6) is 0 Å². The molecule has 0 unspecified atom stereocenters. The Kier molecular flexibility index (Phi) is 9.73. The Balaban J connectivity index is 1.61. The summed E-state index contributed by atoms with van der Waals surface area (Å²) in [6.45, 7) is 2.46. The lowest BCUT2D eigenvalue weighted by atomic mass is 10.0. The van der Waals surface area contributed by atoms with Crippen molar-refractivity contribution in [3.63, 3.8) is 0 Å². The first-order valence-corrected chi connectivity index (χ1v) is 13.7. The fourth-order valence-corrected chi connectivity index (χ4v) is 4.63. The number of fused-ring (bicyclic) bond motifs is 1. The number of H-pyrrole nitrogens is 1. The van der Waals surface area contributed by atoms with Crippen molar-refractivity contribution in [1.82, 2.24) is 20.2 Å². The van der Waals surface area contributed by atoms with Crippen molar-refractivity contribution in [3.8, 4) is 6.07 Å². The number of hydrogen-bond acceptors (Lipinski definition) is 5. The Hall–Kier alpha value is -5.37. The Morgan fingerprint density at radius 2 is 1.79 bits per heavy atom. The van der Waals surface area contributed by atoms with Gasteiger partial charge in [-0.15, -0.1) is 0 Å². The van der Waals surface area contributed by atoms with E-state index in [1.807, 2.05) is 12.1 Å². The molecule has 4 aromatic rings. The summed E-state index contributed by atoms with van der Waals surface area (Å²) in [4.78, 5) is 46.9. The number of amides is 5. The summed E-state index contributed by atoms with van der Waals surface area (Å²) in [6.07, 6.45) is 3.04. The second kappa shape index (κ2) is 13.8. The quantitative estimate of drug-likeness (QED) is 0.173. The molecule has 216 valence electrons. The van der Waals surface area contributed by atoms with Gasteiger partial charge in [-0.05, 0) is 53.4 Å². The van der Waals surface area contributed by atoms with E-state index in [4.69, 9.17) is 11.5 Å². The lowest BCUT2D eigenvalue weighted by molar-refractivity contribution is -0.122. The number of carbonyl (C=O) groups excluding carboxylic acids is 3. The number of nitrogens with one attached hydrogen (secondary N) is 3. The number of aryl methyl sites for hydroxylation is 1. The third-order valence-corrected chi connectivity index (χ3v) is 6.84. The number of hydrogen-bond donors (Lipinski definition) is 5. The Morgan fingerprint density at radius 3 is 2.48 bits per heavy atom. The monoisotopic (exact) mass is 566 g/mol. The molecular weight excluding hydrogens is 532 g/mol. The van der Waals surface area contributed by atoms with Crippen LogP contribution in [0.1, 0.15) is 47.8 Å². The van der Waals surface area contributed by atoms with Gasteiger partial charge >= 0.3 is 12.1 Å². The van der Waals surface area contributed by atoms with Gasteiger partial charge in [0.2, 0.25) is 5.91 Å². The van der Waals surface area contributed by atoms with E-state index in [0.717, 1.165) is 47.2 Å². The van der Waals surface area contributed by atoms with Crippen LogP contribution in [-0.4, -0.2) is 38.9 Å². The lowest BCUT2D eigenvalue weighted by Gasteiger charge is -2.30. The minimum atomic E-state index is -1.01. The molecule has 0 aliphatic heterocycles. The molecule has 0 aliphatic rings. The minimum Gasteiger partial charge on any atom is -0.368 e. The number of anilines is 1. The SMILES string of the molecule is CCCCc1nc2ccc(NC(=O)N(Cc3ccc(CNC(N)=O)cc3)[C@H](Cc3cccc(C#N)c3)C(N)=O)cc2[nH]1. The van der Waals surface area contributed by atoms with E-state index in [9.17, 15) is 19.6 Å². The van der Waals surface area contributed by atoms with E-state index in [1.165, 1.54) is 4.90 Å². The van der Waals surface area contributed by atoms with Crippen molar-refractivity contribution >= 4 is 34.7 Å². The number of primary amides is 2. The van der Waals surface area contributed by atoms with Crippen molar-refractivity contribution < 1.29 is 14.4 Å². The minimum absolute atomic E-state index is 0.0778. The molecule has 0 radical (unpaired) electrons. The Morgan fingerprint density at radius 1 is 1.02 bits per heavy atom. The summed E-state index contributed by atoms with van der Waals surface area (Å²) in [7, 11) is 0. The maximum absolute atomic E-state index is 13.8. The fraction of sp³-hybridized carbons (Fsp3) is 0.258. The van der Waals surface area contributed by atoms with Crippen LogP contribution in [0.2, 0.25) is 0 Å². The molecule has 4 rings (SSSR count). The van der Waals surface area contributed by atoms with Gasteiger partial charge in [0.15, 0.2) is 0 Å². The highest BCUT2D eigenvalue weighted by molar-refractivity contribution is 5.95. The van der Waals surface area contributed by atoms with Crippen LogP contribution in [0.4, 0.5) is 15.3 Å². The van der Waals surface area contributed by atoms with Crippen molar-refractivity contribution in [3.05, 3.63) is 94.8 Å². The first-order valence-electron chi connectivity index (χ1n) is 13.7. The number of rotatable bonds is 12. The van der Waals surface area contributed by atoms with Crippen LogP contribution in [0.3, 0.4) is 0 Å². The molecule has 5 amide bonds. The Bertz CT molecular complexity index is 1610. The van der Waals surface area contributed by atoms with E-state index in [2.05, 4.69) is 33.6 Å². The van der Waals surface area contributed by atoms with Gasteiger partial charge in [0.05, 0.1) is 22.7 Å². The number of aromatic amines is 1. The average molecular weight is 567 g/mol. The summed E-state index contributed by atoms with van der Waals surface area (Å²) < 4.78 is 0. The molecule has 0 fully saturated rings. The second-order valence-corrected chi connectivity index (χ2v) is 10.0. The summed E-state index contributed by atoms with van der Waals surface area (Å²) in [5.74, 6) is 0.208. The predicted octanol–water partition coefficient (Wildman–Crippen LogP) is 4.08. The highest BCUT2D eigenvalue weighted by atomic mass is 16.2. The number of unbranched alkanes of at least 4 members (excludes halogenated alkanes) is 1. The number of urea groups is 2. The number of nitrogens with two attached hydrogens (primary N) is 2. The topological polar surface area (TPSA) is 183 Å². The zero-order valence-corrected chi connectivity index (χ0v) is 23.4. The molecule has 0 saturated heterocycles. The van der Waals surface area contributed by atoms with Gasteiger partial charge in [0, 0.05) is 31.6 Å². The molecule has 0 bridgehead atoms. The predicted molar refractivity (Wildman–Crippen MR) is 160 cm³/mol. The van der Waals surface area contributed by atoms with Crippen molar-refractivity contribution in [1.29, 1.82) is 5.26 Å². The summed E-state index contributed by atoms with van der Waals surface area (Å²) in [5.41, 5.74) is 15.9. The number of carbonyl (C=O) groups is 3. The van der Waals surface area contributed by atoms with Crippen LogP contribution < -0.4 is 22.1 Å². The van der Waals surface area contributed by atoms with Gasteiger partial charge in [-0.2, -0.15) is 5.26 Å². The molecule has 1 heterocycles. The van der Waals surface area contributed by atoms with E-state index >= 15 is 0 Å². The van der Waals surface area contributed by atoms with Crippen molar-refractivity contribution in [2.45, 2.75) is 51.7 Å². The van der Waals surface area contributed by atoms with Gasteiger partial charge in [-0.1, -0.05) is 49.7 Å². The van der Waals surface area contributed by atoms with Gasteiger partial charge in [0.1, 0.15) is 11.9 Å². The second-order valence-electron chi connectivity index (χ2n) is 10.0. The normalized spacial score (nSPS) is 11.4. The number of benzene rings is 3. The summed E-state index contributed by atoms with van der Waals surface area (Å²) >= 11 is 0. The molecule has 42 heavy (non-hydrogen) atoms. The molecule has 7 N–H and O–H groups in total. The Labute approximate surface area is 243 Å². The average Bonchev–Trinajstić information content (AvgIpc) is 3.39. The van der Waals surface area contributed by atoms with Gasteiger partial charge < -0.3 is 32.0 Å². The molecule has 11 heteroatoms. The standard InChI is InChI=1S/C31H34N8O3/c1-2-3-7-28-37-25-13-12-24(16-26(25)38-28)36-31(42)39(19-21-10-8-20(9-11-21)18-35-30(34)41)27(29(33)40)15-22-5-4-6-23(14-22)17-32/h4-6,8-14,16,27H,2-3,7,15,18-19H2,1H3,(H2,33,40)(H,36,42)(H,37,38)(H3,34,35,41)/t27-/m1/s1. The van der Waals surface area contributed by atoms with Gasteiger partial charge in [-0.25, -0.2) is 14.6 Å². The third kappa shape index (κ3) is 7.85. The van der Waals surface area contributed by atoms with Crippen molar-refractivity contribution in [2.24, 2.45) is 11.5 Å². The highest BCUT2D eigenvalue weighted by Crippen LogP contribution is 2.21. The molecule has 1 aromatic heterocycles. The smallest absolute Gasteiger partial charge is 0.322 e. The number of nitriles is 1. The number of imidazole rings is 1. The molecule has 0 saturated carbocycles. The van der Waals surface area contributed by atoms with E-state index in [1.54, 1.807) is 54.6 Å². The van der Waals surface area contributed by atoms with Crippen LogP contribution >= 0.6 is 0 Å². The van der Waals surface area contributed by atoms with Crippen LogP contribution in [0.25, 0.3) is 11.0 Å². The summed E-state index contributed by atoms with van der Waals surface area (Å²) in [6, 6.07) is 19.4. The fourth-order valence-electron chi connectivity index (χ4n) is 4.63. The number of aromatic nitrogens is 2. The molecule has 0 spiro atoms. The third-order valence-electron chi connectivity index (χ3n) is 6.84. The van der Waals surface area contributed by atoms with Crippen LogP contribution in [-0.2, 0) is 30.7 Å². The van der Waals surface area contributed by atoms with Gasteiger partial charge in [0.25, 0.3) is 0 Å².